The number of aromatic nitrogens is 1. The molecule has 1 heterocycles. The summed E-state index contributed by atoms with van der Waals surface area (Å²) in [6, 6.07) is 9.64. The smallest absolute Gasteiger partial charge is 0.119 e. The lowest BCUT2D eigenvalue weighted by atomic mass is 10.1. The SMILES string of the molecule is COc1ccc(OCCNCc2ccncc2C)cc1. The molecule has 1 aromatic carbocycles. The molecular weight excluding hydrogens is 252 g/mol. The quantitative estimate of drug-likeness (QED) is 0.787. The maximum Gasteiger partial charge on any atom is 0.119 e. The van der Waals surface area contributed by atoms with Gasteiger partial charge in [0.2, 0.25) is 0 Å². The summed E-state index contributed by atoms with van der Waals surface area (Å²) in [6.45, 7) is 4.34. The minimum atomic E-state index is 0.635. The molecule has 0 radical (unpaired) electrons. The van der Waals surface area contributed by atoms with Crippen LogP contribution in [0.5, 0.6) is 11.5 Å². The summed E-state index contributed by atoms with van der Waals surface area (Å²) in [4.78, 5) is 4.08. The fraction of sp³-hybridized carbons (Fsp3) is 0.312. The van der Waals surface area contributed by atoms with E-state index in [0.29, 0.717) is 6.61 Å². The second-order valence-corrected chi connectivity index (χ2v) is 4.50. The maximum absolute atomic E-state index is 5.64. The number of methoxy groups -OCH3 is 1. The van der Waals surface area contributed by atoms with Crippen LogP contribution in [0.15, 0.2) is 42.7 Å². The Morgan fingerprint density at radius 2 is 1.85 bits per heavy atom. The molecule has 0 atom stereocenters. The average molecular weight is 272 g/mol. The lowest BCUT2D eigenvalue weighted by Gasteiger charge is -2.09. The van der Waals surface area contributed by atoms with E-state index in [2.05, 4.69) is 17.2 Å². The highest BCUT2D eigenvalue weighted by atomic mass is 16.5. The predicted octanol–water partition coefficient (Wildman–Crippen LogP) is 2.57. The Balaban J connectivity index is 1.67. The summed E-state index contributed by atoms with van der Waals surface area (Å²) in [5, 5.41) is 3.36. The third-order valence-corrected chi connectivity index (χ3v) is 3.06. The Labute approximate surface area is 119 Å². The van der Waals surface area contributed by atoms with E-state index in [1.807, 2.05) is 42.7 Å². The molecule has 0 saturated heterocycles. The van der Waals surface area contributed by atoms with Gasteiger partial charge in [0.25, 0.3) is 0 Å². The van der Waals surface area contributed by atoms with Crippen molar-refractivity contribution in [3.8, 4) is 11.5 Å². The first-order chi connectivity index (χ1) is 9.79. The van der Waals surface area contributed by atoms with Crippen LogP contribution < -0.4 is 14.8 Å². The first kappa shape index (κ1) is 14.3. The molecule has 0 spiro atoms. The number of hydrogen-bond donors (Lipinski definition) is 1. The van der Waals surface area contributed by atoms with Gasteiger partial charge in [-0.3, -0.25) is 4.98 Å². The molecule has 0 amide bonds. The maximum atomic E-state index is 5.64. The van der Waals surface area contributed by atoms with Crippen molar-refractivity contribution in [2.24, 2.45) is 0 Å². The molecule has 2 aromatic rings. The van der Waals surface area contributed by atoms with Crippen LogP contribution in [-0.2, 0) is 6.54 Å². The first-order valence-corrected chi connectivity index (χ1v) is 6.66. The highest BCUT2D eigenvalue weighted by molar-refractivity contribution is 5.31. The van der Waals surface area contributed by atoms with Gasteiger partial charge in [-0.2, -0.15) is 0 Å². The first-order valence-electron chi connectivity index (χ1n) is 6.66. The lowest BCUT2D eigenvalue weighted by molar-refractivity contribution is 0.313. The Kier molecular flexibility index (Phi) is 5.38. The summed E-state index contributed by atoms with van der Waals surface area (Å²) in [5.74, 6) is 1.69. The molecule has 0 bridgehead atoms. The molecule has 0 aliphatic carbocycles. The van der Waals surface area contributed by atoms with E-state index in [9.17, 15) is 0 Å². The van der Waals surface area contributed by atoms with E-state index in [4.69, 9.17) is 9.47 Å². The lowest BCUT2D eigenvalue weighted by Crippen LogP contribution is -2.21. The topological polar surface area (TPSA) is 43.4 Å². The molecule has 106 valence electrons. The molecule has 1 aromatic heterocycles. The molecule has 0 fully saturated rings. The van der Waals surface area contributed by atoms with Gasteiger partial charge in [-0.05, 0) is 48.4 Å². The van der Waals surface area contributed by atoms with Crippen LogP contribution in [0.1, 0.15) is 11.1 Å². The summed E-state index contributed by atoms with van der Waals surface area (Å²) in [7, 11) is 1.65. The highest BCUT2D eigenvalue weighted by Gasteiger charge is 1.98. The van der Waals surface area contributed by atoms with E-state index >= 15 is 0 Å². The van der Waals surface area contributed by atoms with Crippen LogP contribution in [0.4, 0.5) is 0 Å². The molecule has 0 saturated carbocycles. The average Bonchev–Trinajstić information content (AvgIpc) is 2.49. The van der Waals surface area contributed by atoms with E-state index in [-0.39, 0.29) is 0 Å². The zero-order valence-electron chi connectivity index (χ0n) is 11.9. The third kappa shape index (κ3) is 4.24. The largest absolute Gasteiger partial charge is 0.497 e. The summed E-state index contributed by atoms with van der Waals surface area (Å²) in [5.41, 5.74) is 2.47. The number of pyridine rings is 1. The number of aryl methyl sites for hydroxylation is 1. The van der Waals surface area contributed by atoms with Gasteiger partial charge in [0.15, 0.2) is 0 Å². The van der Waals surface area contributed by atoms with Gasteiger partial charge in [0.1, 0.15) is 18.1 Å². The van der Waals surface area contributed by atoms with Crippen molar-refractivity contribution in [2.45, 2.75) is 13.5 Å². The minimum absolute atomic E-state index is 0.635. The normalized spacial score (nSPS) is 10.3. The monoisotopic (exact) mass is 272 g/mol. The summed E-state index contributed by atoms with van der Waals surface area (Å²) in [6.07, 6.45) is 3.70. The van der Waals surface area contributed by atoms with Crippen LogP contribution in [0.3, 0.4) is 0 Å². The Morgan fingerprint density at radius 1 is 1.10 bits per heavy atom. The predicted molar refractivity (Wildman–Crippen MR) is 79.2 cm³/mol. The number of hydrogen-bond acceptors (Lipinski definition) is 4. The molecule has 0 aliphatic heterocycles. The van der Waals surface area contributed by atoms with Crippen molar-refractivity contribution in [3.63, 3.8) is 0 Å². The Morgan fingerprint density at radius 3 is 2.55 bits per heavy atom. The zero-order valence-corrected chi connectivity index (χ0v) is 11.9. The molecular formula is C16H20N2O2. The number of nitrogens with one attached hydrogen (secondary N) is 1. The highest BCUT2D eigenvalue weighted by Crippen LogP contribution is 2.16. The van der Waals surface area contributed by atoms with Crippen molar-refractivity contribution < 1.29 is 9.47 Å². The molecule has 4 heteroatoms. The van der Waals surface area contributed by atoms with Crippen molar-refractivity contribution >= 4 is 0 Å². The fourth-order valence-corrected chi connectivity index (χ4v) is 1.84. The molecule has 0 aliphatic rings. The minimum Gasteiger partial charge on any atom is -0.497 e. The van der Waals surface area contributed by atoms with Gasteiger partial charge in [0.05, 0.1) is 7.11 Å². The molecule has 4 nitrogen and oxygen atoms in total. The van der Waals surface area contributed by atoms with Gasteiger partial charge < -0.3 is 14.8 Å². The Bertz CT molecular complexity index is 526. The summed E-state index contributed by atoms with van der Waals surface area (Å²) >= 11 is 0. The van der Waals surface area contributed by atoms with Crippen LogP contribution in [0.25, 0.3) is 0 Å². The third-order valence-electron chi connectivity index (χ3n) is 3.06. The van der Waals surface area contributed by atoms with Gasteiger partial charge >= 0.3 is 0 Å². The molecule has 20 heavy (non-hydrogen) atoms. The van der Waals surface area contributed by atoms with Crippen LogP contribution in [0, 0.1) is 6.92 Å². The number of rotatable bonds is 7. The van der Waals surface area contributed by atoms with Crippen molar-refractivity contribution in [1.29, 1.82) is 0 Å². The molecule has 2 rings (SSSR count). The zero-order chi connectivity index (χ0) is 14.2. The van der Waals surface area contributed by atoms with Gasteiger partial charge in [0, 0.05) is 25.5 Å². The number of ether oxygens (including phenoxy) is 2. The van der Waals surface area contributed by atoms with E-state index < -0.39 is 0 Å². The van der Waals surface area contributed by atoms with Crippen molar-refractivity contribution in [1.82, 2.24) is 10.3 Å². The Hall–Kier alpha value is -2.07. The number of benzene rings is 1. The van der Waals surface area contributed by atoms with E-state index in [1.54, 1.807) is 7.11 Å². The second kappa shape index (κ2) is 7.50. The molecule has 1 N–H and O–H groups in total. The van der Waals surface area contributed by atoms with Gasteiger partial charge in [-0.25, -0.2) is 0 Å². The van der Waals surface area contributed by atoms with Crippen LogP contribution in [-0.4, -0.2) is 25.2 Å². The second-order valence-electron chi connectivity index (χ2n) is 4.50. The van der Waals surface area contributed by atoms with Gasteiger partial charge in [-0.15, -0.1) is 0 Å². The van der Waals surface area contributed by atoms with Crippen LogP contribution in [0.2, 0.25) is 0 Å². The molecule has 0 unspecified atom stereocenters. The van der Waals surface area contributed by atoms with Gasteiger partial charge in [-0.1, -0.05) is 0 Å². The summed E-state index contributed by atoms with van der Waals surface area (Å²) < 4.78 is 10.7. The number of nitrogens with zero attached hydrogens (tertiary/aromatic N) is 1. The van der Waals surface area contributed by atoms with E-state index in [0.717, 1.165) is 24.6 Å². The van der Waals surface area contributed by atoms with Crippen molar-refractivity contribution in [3.05, 3.63) is 53.9 Å². The van der Waals surface area contributed by atoms with Crippen LogP contribution >= 0.6 is 0 Å². The standard InChI is InChI=1S/C16H20N2O2/c1-13-11-17-8-7-14(13)12-18-9-10-20-16-5-3-15(19-2)4-6-16/h3-8,11,18H,9-10,12H2,1-2H3. The van der Waals surface area contributed by atoms with E-state index in [1.165, 1.54) is 11.1 Å². The van der Waals surface area contributed by atoms with Crippen molar-refractivity contribution in [2.75, 3.05) is 20.3 Å². The fourth-order valence-electron chi connectivity index (χ4n) is 1.84.